The monoisotopic (exact) mass is 346 g/mol. The van der Waals surface area contributed by atoms with E-state index in [9.17, 15) is 0 Å². The standard InChI is InChI=1S/C19H34N6/c1-4-19(11-8-12-19)14-21-18(22-16-9-6-5-7-10-16)20-13-17-24-23-15(2)25(17)3/h16H,4-14H2,1-3H3,(H2,20,21,22). The summed E-state index contributed by atoms with van der Waals surface area (Å²) in [5.41, 5.74) is 0.483. The largest absolute Gasteiger partial charge is 0.356 e. The zero-order chi connectivity index (χ0) is 17.7. The van der Waals surface area contributed by atoms with Gasteiger partial charge in [0.2, 0.25) is 0 Å². The second kappa shape index (κ2) is 8.19. The predicted octanol–water partition coefficient (Wildman–Crippen LogP) is 3.07. The minimum absolute atomic E-state index is 0.483. The Kier molecular flexibility index (Phi) is 5.97. The molecular weight excluding hydrogens is 312 g/mol. The van der Waals surface area contributed by atoms with Crippen LogP contribution in [-0.2, 0) is 13.6 Å². The molecule has 0 aliphatic heterocycles. The fourth-order valence-electron chi connectivity index (χ4n) is 3.93. The number of guanidine groups is 1. The van der Waals surface area contributed by atoms with Gasteiger partial charge in [0.25, 0.3) is 0 Å². The van der Waals surface area contributed by atoms with Gasteiger partial charge < -0.3 is 15.2 Å². The van der Waals surface area contributed by atoms with Crippen LogP contribution in [-0.4, -0.2) is 33.3 Å². The molecule has 6 nitrogen and oxygen atoms in total. The van der Waals surface area contributed by atoms with E-state index in [1.54, 1.807) is 0 Å². The van der Waals surface area contributed by atoms with Crippen LogP contribution >= 0.6 is 0 Å². The van der Waals surface area contributed by atoms with Crippen molar-refractivity contribution in [2.75, 3.05) is 6.54 Å². The first-order chi connectivity index (χ1) is 12.1. The predicted molar refractivity (Wildman–Crippen MR) is 101 cm³/mol. The van der Waals surface area contributed by atoms with Crippen LogP contribution in [0.25, 0.3) is 0 Å². The molecule has 0 aromatic carbocycles. The second-order valence-electron chi connectivity index (χ2n) is 7.93. The molecule has 1 heterocycles. The molecule has 0 atom stereocenters. The minimum atomic E-state index is 0.483. The molecule has 2 fully saturated rings. The van der Waals surface area contributed by atoms with Crippen LogP contribution in [0.2, 0.25) is 0 Å². The van der Waals surface area contributed by atoms with Crippen molar-refractivity contribution < 1.29 is 0 Å². The quantitative estimate of drug-likeness (QED) is 0.614. The Bertz CT molecular complexity index is 575. The summed E-state index contributed by atoms with van der Waals surface area (Å²) >= 11 is 0. The average Bonchev–Trinajstić information content (AvgIpc) is 2.91. The lowest BCUT2D eigenvalue weighted by atomic mass is 9.67. The van der Waals surface area contributed by atoms with Gasteiger partial charge in [0, 0.05) is 19.6 Å². The first-order valence-electron chi connectivity index (χ1n) is 10.0. The van der Waals surface area contributed by atoms with Crippen molar-refractivity contribution in [2.45, 2.75) is 84.2 Å². The fourth-order valence-corrected chi connectivity index (χ4v) is 3.93. The van der Waals surface area contributed by atoms with E-state index < -0.39 is 0 Å². The van der Waals surface area contributed by atoms with Gasteiger partial charge >= 0.3 is 0 Å². The fraction of sp³-hybridized carbons (Fsp3) is 0.842. The van der Waals surface area contributed by atoms with E-state index in [4.69, 9.17) is 4.99 Å². The van der Waals surface area contributed by atoms with E-state index in [1.807, 2.05) is 18.5 Å². The Hall–Kier alpha value is -1.59. The van der Waals surface area contributed by atoms with Crippen LogP contribution in [0.4, 0.5) is 0 Å². The molecule has 1 aromatic heterocycles. The number of nitrogens with zero attached hydrogens (tertiary/aromatic N) is 4. The molecule has 1 aromatic rings. The Morgan fingerprint density at radius 3 is 2.52 bits per heavy atom. The van der Waals surface area contributed by atoms with Crippen molar-refractivity contribution >= 4 is 5.96 Å². The average molecular weight is 347 g/mol. The number of hydrogen-bond acceptors (Lipinski definition) is 3. The third-order valence-electron chi connectivity index (χ3n) is 6.30. The van der Waals surface area contributed by atoms with Crippen molar-refractivity contribution in [3.05, 3.63) is 11.6 Å². The maximum absolute atomic E-state index is 4.83. The summed E-state index contributed by atoms with van der Waals surface area (Å²) in [5, 5.41) is 15.7. The number of aryl methyl sites for hydroxylation is 1. The van der Waals surface area contributed by atoms with E-state index in [0.29, 0.717) is 18.0 Å². The van der Waals surface area contributed by atoms with Crippen LogP contribution in [0, 0.1) is 12.3 Å². The molecule has 25 heavy (non-hydrogen) atoms. The van der Waals surface area contributed by atoms with Gasteiger partial charge in [0.15, 0.2) is 11.8 Å². The molecule has 0 spiro atoms. The van der Waals surface area contributed by atoms with Crippen molar-refractivity contribution in [3.8, 4) is 0 Å². The van der Waals surface area contributed by atoms with Crippen LogP contribution < -0.4 is 10.6 Å². The summed E-state index contributed by atoms with van der Waals surface area (Å²) in [5.74, 6) is 2.79. The van der Waals surface area contributed by atoms with Gasteiger partial charge in [-0.15, -0.1) is 10.2 Å². The van der Waals surface area contributed by atoms with Gasteiger partial charge in [0.1, 0.15) is 12.4 Å². The molecule has 140 valence electrons. The van der Waals surface area contributed by atoms with Gasteiger partial charge in [0.05, 0.1) is 0 Å². The van der Waals surface area contributed by atoms with Crippen molar-refractivity contribution in [3.63, 3.8) is 0 Å². The van der Waals surface area contributed by atoms with Crippen molar-refractivity contribution in [1.82, 2.24) is 25.4 Å². The van der Waals surface area contributed by atoms with E-state index >= 15 is 0 Å². The smallest absolute Gasteiger partial charge is 0.191 e. The number of rotatable bonds is 6. The molecule has 0 unspecified atom stereocenters. The van der Waals surface area contributed by atoms with Crippen LogP contribution in [0.1, 0.15) is 76.4 Å². The normalized spacial score (nSPS) is 21.0. The molecule has 3 rings (SSSR count). The van der Waals surface area contributed by atoms with E-state index in [0.717, 1.165) is 24.2 Å². The summed E-state index contributed by atoms with van der Waals surface area (Å²) in [7, 11) is 2.00. The Morgan fingerprint density at radius 2 is 1.96 bits per heavy atom. The zero-order valence-corrected chi connectivity index (χ0v) is 16.1. The van der Waals surface area contributed by atoms with E-state index in [-0.39, 0.29) is 0 Å². The highest BCUT2D eigenvalue weighted by molar-refractivity contribution is 5.80. The van der Waals surface area contributed by atoms with Gasteiger partial charge in [-0.3, -0.25) is 0 Å². The maximum Gasteiger partial charge on any atom is 0.191 e. The molecule has 2 saturated carbocycles. The Morgan fingerprint density at radius 1 is 1.20 bits per heavy atom. The molecule has 2 aliphatic carbocycles. The highest BCUT2D eigenvalue weighted by atomic mass is 15.3. The molecule has 0 amide bonds. The molecule has 2 N–H and O–H groups in total. The second-order valence-corrected chi connectivity index (χ2v) is 7.93. The highest BCUT2D eigenvalue weighted by Gasteiger charge is 2.35. The van der Waals surface area contributed by atoms with E-state index in [2.05, 4.69) is 27.8 Å². The molecule has 0 saturated heterocycles. The summed E-state index contributed by atoms with van der Waals surface area (Å²) in [6, 6.07) is 0.556. The van der Waals surface area contributed by atoms with Crippen molar-refractivity contribution in [2.24, 2.45) is 17.5 Å². The Labute approximate surface area is 151 Å². The molecular formula is C19H34N6. The lowest BCUT2D eigenvalue weighted by Crippen LogP contribution is -2.49. The lowest BCUT2D eigenvalue weighted by molar-refractivity contribution is 0.131. The third-order valence-corrected chi connectivity index (χ3v) is 6.30. The first kappa shape index (κ1) is 18.2. The molecule has 2 aliphatic rings. The van der Waals surface area contributed by atoms with Gasteiger partial charge in [-0.2, -0.15) is 0 Å². The lowest BCUT2D eigenvalue weighted by Gasteiger charge is -2.42. The summed E-state index contributed by atoms with van der Waals surface area (Å²) < 4.78 is 2.02. The summed E-state index contributed by atoms with van der Waals surface area (Å²) in [6.45, 7) is 5.88. The molecule has 6 heteroatoms. The Balaban J connectivity index is 1.64. The van der Waals surface area contributed by atoms with E-state index in [1.165, 1.54) is 57.8 Å². The highest BCUT2D eigenvalue weighted by Crippen LogP contribution is 2.43. The van der Waals surface area contributed by atoms with Gasteiger partial charge in [-0.05, 0) is 44.4 Å². The molecule has 0 radical (unpaired) electrons. The van der Waals surface area contributed by atoms with Crippen LogP contribution in [0.5, 0.6) is 0 Å². The molecule has 0 bridgehead atoms. The summed E-state index contributed by atoms with van der Waals surface area (Å²) in [4.78, 5) is 4.83. The number of aliphatic imine (C=N–C) groups is 1. The topological polar surface area (TPSA) is 67.1 Å². The SMILES string of the molecule is CCC1(CNC(=NCc2nnc(C)n2C)NC2CCCCC2)CCC1. The van der Waals surface area contributed by atoms with Crippen LogP contribution in [0.3, 0.4) is 0 Å². The number of nitrogens with one attached hydrogen (secondary N) is 2. The van der Waals surface area contributed by atoms with Gasteiger partial charge in [-0.1, -0.05) is 32.6 Å². The van der Waals surface area contributed by atoms with Crippen molar-refractivity contribution in [1.29, 1.82) is 0 Å². The first-order valence-corrected chi connectivity index (χ1v) is 10.0. The zero-order valence-electron chi connectivity index (χ0n) is 16.1. The van der Waals surface area contributed by atoms with Gasteiger partial charge in [-0.25, -0.2) is 4.99 Å². The number of hydrogen-bond donors (Lipinski definition) is 2. The third kappa shape index (κ3) is 4.53. The summed E-state index contributed by atoms with van der Waals surface area (Å²) in [6.07, 6.45) is 11.8. The minimum Gasteiger partial charge on any atom is -0.356 e. The number of aromatic nitrogens is 3. The van der Waals surface area contributed by atoms with Crippen LogP contribution in [0.15, 0.2) is 4.99 Å². The maximum atomic E-state index is 4.83.